The first-order valence-corrected chi connectivity index (χ1v) is 7.77. The zero-order valence-corrected chi connectivity index (χ0v) is 13.2. The molecule has 0 saturated heterocycles. The van der Waals surface area contributed by atoms with Crippen LogP contribution in [0.25, 0.3) is 10.2 Å². The van der Waals surface area contributed by atoms with Crippen LogP contribution >= 0.6 is 38.9 Å². The van der Waals surface area contributed by atoms with Gasteiger partial charge in [0.15, 0.2) is 0 Å². The lowest BCUT2D eigenvalue weighted by atomic mass is 10.2. The Labute approximate surface area is 132 Å². The van der Waals surface area contributed by atoms with E-state index >= 15 is 0 Å². The van der Waals surface area contributed by atoms with Gasteiger partial charge in [-0.3, -0.25) is 4.79 Å². The molecule has 0 atom stereocenters. The molecule has 100 valence electrons. The zero-order chi connectivity index (χ0) is 14.1. The van der Waals surface area contributed by atoms with E-state index in [0.717, 1.165) is 20.4 Å². The van der Waals surface area contributed by atoms with Gasteiger partial charge in [-0.2, -0.15) is 0 Å². The van der Waals surface area contributed by atoms with Gasteiger partial charge >= 0.3 is 0 Å². The SMILES string of the molecule is O=C(Nc1ccc2ncsc2c1)c1cc(Cl)cc(Br)c1. The predicted molar refractivity (Wildman–Crippen MR) is 86.7 cm³/mol. The molecule has 0 aliphatic rings. The molecule has 2 aromatic carbocycles. The molecule has 1 heterocycles. The third kappa shape index (κ3) is 2.85. The zero-order valence-electron chi connectivity index (χ0n) is 10.1. The fraction of sp³-hybridized carbons (Fsp3) is 0. The predicted octanol–water partition coefficient (Wildman–Crippen LogP) is 4.96. The van der Waals surface area contributed by atoms with E-state index in [9.17, 15) is 4.79 Å². The Bertz CT molecular complexity index is 782. The summed E-state index contributed by atoms with van der Waals surface area (Å²) in [5.41, 5.74) is 3.96. The normalized spacial score (nSPS) is 10.7. The average Bonchev–Trinajstić information content (AvgIpc) is 2.85. The minimum atomic E-state index is -0.197. The van der Waals surface area contributed by atoms with Gasteiger partial charge in [0.05, 0.1) is 15.7 Å². The van der Waals surface area contributed by atoms with Gasteiger partial charge in [0, 0.05) is 20.7 Å². The van der Waals surface area contributed by atoms with Crippen molar-refractivity contribution in [2.45, 2.75) is 0 Å². The van der Waals surface area contributed by atoms with Crippen molar-refractivity contribution >= 4 is 60.7 Å². The van der Waals surface area contributed by atoms with Crippen molar-refractivity contribution in [2.75, 3.05) is 5.32 Å². The van der Waals surface area contributed by atoms with Crippen LogP contribution in [0.4, 0.5) is 5.69 Å². The fourth-order valence-electron chi connectivity index (χ4n) is 1.82. The van der Waals surface area contributed by atoms with Gasteiger partial charge in [-0.15, -0.1) is 11.3 Å². The molecule has 0 spiro atoms. The van der Waals surface area contributed by atoms with Gasteiger partial charge < -0.3 is 5.32 Å². The van der Waals surface area contributed by atoms with Crippen molar-refractivity contribution in [3.05, 3.63) is 57.0 Å². The number of nitrogens with one attached hydrogen (secondary N) is 1. The number of carbonyl (C=O) groups is 1. The highest BCUT2D eigenvalue weighted by Crippen LogP contribution is 2.23. The number of hydrogen-bond donors (Lipinski definition) is 1. The maximum Gasteiger partial charge on any atom is 0.255 e. The molecule has 20 heavy (non-hydrogen) atoms. The summed E-state index contributed by atoms with van der Waals surface area (Å²) in [7, 11) is 0. The number of nitrogens with zero attached hydrogens (tertiary/aromatic N) is 1. The summed E-state index contributed by atoms with van der Waals surface area (Å²) >= 11 is 10.8. The number of fused-ring (bicyclic) bond motifs is 1. The lowest BCUT2D eigenvalue weighted by Crippen LogP contribution is -2.11. The highest BCUT2D eigenvalue weighted by molar-refractivity contribution is 9.10. The maximum absolute atomic E-state index is 12.2. The smallest absolute Gasteiger partial charge is 0.255 e. The highest BCUT2D eigenvalue weighted by Gasteiger charge is 2.09. The molecule has 0 radical (unpaired) electrons. The van der Waals surface area contributed by atoms with Gasteiger partial charge in [0.25, 0.3) is 5.91 Å². The van der Waals surface area contributed by atoms with Crippen LogP contribution < -0.4 is 5.32 Å². The van der Waals surface area contributed by atoms with Gasteiger partial charge in [-0.1, -0.05) is 27.5 Å². The van der Waals surface area contributed by atoms with E-state index in [4.69, 9.17) is 11.6 Å². The summed E-state index contributed by atoms with van der Waals surface area (Å²) in [5, 5.41) is 3.37. The van der Waals surface area contributed by atoms with Crippen molar-refractivity contribution < 1.29 is 4.79 Å². The summed E-state index contributed by atoms with van der Waals surface area (Å²) in [5.74, 6) is -0.197. The van der Waals surface area contributed by atoms with Crippen molar-refractivity contribution in [3.63, 3.8) is 0 Å². The van der Waals surface area contributed by atoms with E-state index in [-0.39, 0.29) is 5.91 Å². The van der Waals surface area contributed by atoms with Crippen molar-refractivity contribution in [3.8, 4) is 0 Å². The summed E-state index contributed by atoms with van der Waals surface area (Å²) in [6, 6.07) is 10.7. The molecule has 0 saturated carbocycles. The van der Waals surface area contributed by atoms with E-state index in [1.807, 2.05) is 18.2 Å². The van der Waals surface area contributed by atoms with Gasteiger partial charge in [0.1, 0.15) is 0 Å². The topological polar surface area (TPSA) is 42.0 Å². The van der Waals surface area contributed by atoms with Gasteiger partial charge in [-0.25, -0.2) is 4.98 Å². The summed E-state index contributed by atoms with van der Waals surface area (Å²) in [6.45, 7) is 0. The van der Waals surface area contributed by atoms with Crippen LogP contribution in [0.3, 0.4) is 0 Å². The molecule has 1 aromatic heterocycles. The van der Waals surface area contributed by atoms with E-state index in [1.54, 1.807) is 23.7 Å². The number of thiazole rings is 1. The number of halogens is 2. The standard InChI is InChI=1S/C14H8BrClN2OS/c15-9-3-8(4-10(16)5-9)14(19)18-11-1-2-12-13(6-11)20-7-17-12/h1-7H,(H,18,19). The molecular formula is C14H8BrClN2OS. The molecule has 0 unspecified atom stereocenters. The molecular weight excluding hydrogens is 360 g/mol. The first-order chi connectivity index (χ1) is 9.61. The monoisotopic (exact) mass is 366 g/mol. The third-order valence-corrected chi connectivity index (χ3v) is 4.18. The van der Waals surface area contributed by atoms with E-state index in [1.165, 1.54) is 11.3 Å². The minimum Gasteiger partial charge on any atom is -0.322 e. The quantitative estimate of drug-likeness (QED) is 0.695. The van der Waals surface area contributed by atoms with Gasteiger partial charge in [-0.05, 0) is 36.4 Å². The van der Waals surface area contributed by atoms with Crippen LogP contribution in [0, 0.1) is 0 Å². The summed E-state index contributed by atoms with van der Waals surface area (Å²) in [6.07, 6.45) is 0. The Hall–Kier alpha value is -1.43. The average molecular weight is 368 g/mol. The molecule has 6 heteroatoms. The summed E-state index contributed by atoms with van der Waals surface area (Å²) < 4.78 is 1.81. The maximum atomic E-state index is 12.2. The lowest BCUT2D eigenvalue weighted by Gasteiger charge is -2.06. The molecule has 1 N–H and O–H groups in total. The van der Waals surface area contributed by atoms with Crippen LogP contribution in [-0.4, -0.2) is 10.9 Å². The molecule has 0 aliphatic heterocycles. The molecule has 3 rings (SSSR count). The second-order valence-corrected chi connectivity index (χ2v) is 6.39. The van der Waals surface area contributed by atoms with Crippen LogP contribution in [0.2, 0.25) is 5.02 Å². The molecule has 3 aromatic rings. The fourth-order valence-corrected chi connectivity index (χ4v) is 3.40. The molecule has 1 amide bonds. The Balaban J connectivity index is 1.87. The van der Waals surface area contributed by atoms with Crippen molar-refractivity contribution in [1.29, 1.82) is 0 Å². The molecule has 0 fully saturated rings. The van der Waals surface area contributed by atoms with Crippen molar-refractivity contribution in [1.82, 2.24) is 4.98 Å². The second-order valence-electron chi connectivity index (χ2n) is 4.15. The first-order valence-electron chi connectivity index (χ1n) is 5.72. The van der Waals surface area contributed by atoms with E-state index in [2.05, 4.69) is 26.2 Å². The number of rotatable bonds is 2. The number of carbonyl (C=O) groups excluding carboxylic acids is 1. The molecule has 0 aliphatic carbocycles. The largest absolute Gasteiger partial charge is 0.322 e. The lowest BCUT2D eigenvalue weighted by molar-refractivity contribution is 0.102. The Kier molecular flexibility index (Phi) is 3.74. The van der Waals surface area contributed by atoms with Crippen LogP contribution in [0.5, 0.6) is 0 Å². The van der Waals surface area contributed by atoms with E-state index in [0.29, 0.717) is 10.6 Å². The number of aromatic nitrogens is 1. The van der Waals surface area contributed by atoms with Crippen LogP contribution in [-0.2, 0) is 0 Å². The number of amides is 1. The first kappa shape index (κ1) is 13.5. The molecule has 0 bridgehead atoms. The van der Waals surface area contributed by atoms with Crippen molar-refractivity contribution in [2.24, 2.45) is 0 Å². The Morgan fingerprint density at radius 3 is 2.90 bits per heavy atom. The Morgan fingerprint density at radius 1 is 1.25 bits per heavy atom. The third-order valence-electron chi connectivity index (χ3n) is 2.71. The Morgan fingerprint density at radius 2 is 2.10 bits per heavy atom. The highest BCUT2D eigenvalue weighted by atomic mass is 79.9. The van der Waals surface area contributed by atoms with Crippen LogP contribution in [0.15, 0.2) is 46.4 Å². The summed E-state index contributed by atoms with van der Waals surface area (Å²) in [4.78, 5) is 16.4. The number of anilines is 1. The van der Waals surface area contributed by atoms with Gasteiger partial charge in [0.2, 0.25) is 0 Å². The minimum absolute atomic E-state index is 0.197. The number of benzene rings is 2. The van der Waals surface area contributed by atoms with Crippen LogP contribution in [0.1, 0.15) is 10.4 Å². The molecule has 3 nitrogen and oxygen atoms in total. The van der Waals surface area contributed by atoms with E-state index < -0.39 is 0 Å². The number of hydrogen-bond acceptors (Lipinski definition) is 3. The second kappa shape index (κ2) is 5.52.